The molecule has 0 aliphatic carbocycles. The van der Waals surface area contributed by atoms with Crippen LogP contribution in [-0.4, -0.2) is 23.2 Å². The quantitative estimate of drug-likeness (QED) is 0.727. The van der Waals surface area contributed by atoms with E-state index in [1.54, 1.807) is 12.1 Å². The minimum Gasteiger partial charge on any atom is -0.398 e. The third-order valence-corrected chi connectivity index (χ3v) is 4.01. The van der Waals surface area contributed by atoms with Crippen LogP contribution in [0.3, 0.4) is 0 Å². The Bertz CT molecular complexity index is 471. The Morgan fingerprint density at radius 1 is 1.42 bits per heavy atom. The summed E-state index contributed by atoms with van der Waals surface area (Å²) >= 11 is 3.32. The maximum absolute atomic E-state index is 12.1. The molecule has 0 aliphatic heterocycles. The minimum absolute atomic E-state index is 0.217. The van der Waals surface area contributed by atoms with E-state index in [1.165, 1.54) is 0 Å². The fourth-order valence-electron chi connectivity index (χ4n) is 1.78. The van der Waals surface area contributed by atoms with Crippen LogP contribution >= 0.6 is 15.9 Å². The number of carbonyl (C=O) groups is 1. The average molecular weight is 329 g/mol. The molecule has 1 amide bonds. The van der Waals surface area contributed by atoms with Gasteiger partial charge in [-0.15, -0.1) is 0 Å². The topological polar surface area (TPSA) is 75.3 Å². The molecule has 0 aromatic heterocycles. The van der Waals surface area contributed by atoms with Crippen molar-refractivity contribution in [3.05, 3.63) is 27.7 Å². The standard InChI is InChI=1S/C14H21BrN2O2/c1-4-14(19,5-2)8-17-13(18)11-6-10(15)7-12(16)9(11)3/h6-7,19H,4-5,8,16H2,1-3H3,(H,17,18). The van der Waals surface area contributed by atoms with Crippen LogP contribution in [0.15, 0.2) is 16.6 Å². The molecule has 0 spiro atoms. The van der Waals surface area contributed by atoms with Gasteiger partial charge >= 0.3 is 0 Å². The van der Waals surface area contributed by atoms with Crippen molar-refractivity contribution in [1.29, 1.82) is 0 Å². The highest BCUT2D eigenvalue weighted by Gasteiger charge is 2.23. The number of rotatable bonds is 5. The SMILES string of the molecule is CCC(O)(CC)CNC(=O)c1cc(Br)cc(N)c1C. The smallest absolute Gasteiger partial charge is 0.251 e. The van der Waals surface area contributed by atoms with E-state index in [4.69, 9.17) is 5.73 Å². The molecule has 0 atom stereocenters. The molecule has 4 nitrogen and oxygen atoms in total. The molecular formula is C14H21BrN2O2. The van der Waals surface area contributed by atoms with E-state index in [0.717, 1.165) is 10.0 Å². The summed E-state index contributed by atoms with van der Waals surface area (Å²) < 4.78 is 0.766. The van der Waals surface area contributed by atoms with Crippen LogP contribution in [0.25, 0.3) is 0 Å². The van der Waals surface area contributed by atoms with Gasteiger partial charge in [0.1, 0.15) is 0 Å². The molecule has 5 heteroatoms. The number of carbonyl (C=O) groups excluding carboxylic acids is 1. The first-order chi connectivity index (χ1) is 8.83. The maximum Gasteiger partial charge on any atom is 0.251 e. The van der Waals surface area contributed by atoms with Crippen molar-refractivity contribution in [1.82, 2.24) is 5.32 Å². The lowest BCUT2D eigenvalue weighted by Gasteiger charge is -2.25. The van der Waals surface area contributed by atoms with Gasteiger partial charge in [-0.2, -0.15) is 0 Å². The highest BCUT2D eigenvalue weighted by Crippen LogP contribution is 2.23. The van der Waals surface area contributed by atoms with Gasteiger partial charge in [-0.05, 0) is 37.5 Å². The van der Waals surface area contributed by atoms with Crippen LogP contribution in [0.2, 0.25) is 0 Å². The lowest BCUT2D eigenvalue weighted by molar-refractivity contribution is 0.0314. The Labute approximate surface area is 122 Å². The number of nitrogen functional groups attached to an aromatic ring is 1. The van der Waals surface area contributed by atoms with Gasteiger partial charge in [-0.3, -0.25) is 4.79 Å². The maximum atomic E-state index is 12.1. The molecule has 1 aromatic carbocycles. The van der Waals surface area contributed by atoms with Gasteiger partial charge < -0.3 is 16.2 Å². The van der Waals surface area contributed by atoms with Gasteiger partial charge in [0.25, 0.3) is 5.91 Å². The molecule has 4 N–H and O–H groups in total. The third kappa shape index (κ3) is 3.94. The van der Waals surface area contributed by atoms with Crippen LogP contribution in [0.4, 0.5) is 5.69 Å². The van der Waals surface area contributed by atoms with Crippen molar-refractivity contribution in [2.75, 3.05) is 12.3 Å². The second-order valence-electron chi connectivity index (χ2n) is 4.78. The molecule has 1 aromatic rings. The van der Waals surface area contributed by atoms with Crippen molar-refractivity contribution in [3.63, 3.8) is 0 Å². The monoisotopic (exact) mass is 328 g/mol. The van der Waals surface area contributed by atoms with Crippen LogP contribution in [0.1, 0.15) is 42.6 Å². The number of aliphatic hydroxyl groups is 1. The number of halogens is 1. The Morgan fingerprint density at radius 3 is 2.53 bits per heavy atom. The van der Waals surface area contributed by atoms with E-state index in [9.17, 15) is 9.90 Å². The second kappa shape index (κ2) is 6.39. The van der Waals surface area contributed by atoms with Crippen LogP contribution in [0.5, 0.6) is 0 Å². The van der Waals surface area contributed by atoms with E-state index in [2.05, 4.69) is 21.2 Å². The number of hydrogen-bond acceptors (Lipinski definition) is 3. The lowest BCUT2D eigenvalue weighted by Crippen LogP contribution is -2.42. The van der Waals surface area contributed by atoms with Gasteiger partial charge in [0.2, 0.25) is 0 Å². The van der Waals surface area contributed by atoms with E-state index in [1.807, 2.05) is 20.8 Å². The van der Waals surface area contributed by atoms with Gasteiger partial charge in [0.05, 0.1) is 5.60 Å². The molecule has 0 unspecified atom stereocenters. The molecule has 0 saturated heterocycles. The molecule has 0 saturated carbocycles. The molecule has 19 heavy (non-hydrogen) atoms. The highest BCUT2D eigenvalue weighted by molar-refractivity contribution is 9.10. The van der Waals surface area contributed by atoms with Crippen molar-refractivity contribution >= 4 is 27.5 Å². The van der Waals surface area contributed by atoms with Crippen LogP contribution in [0, 0.1) is 6.92 Å². The first kappa shape index (κ1) is 16.0. The first-order valence-electron chi connectivity index (χ1n) is 6.39. The van der Waals surface area contributed by atoms with E-state index in [0.29, 0.717) is 24.1 Å². The summed E-state index contributed by atoms with van der Waals surface area (Å²) in [6.45, 7) is 5.85. The van der Waals surface area contributed by atoms with Gasteiger partial charge in [0, 0.05) is 22.3 Å². The summed E-state index contributed by atoms with van der Waals surface area (Å²) in [5.41, 5.74) is 6.83. The summed E-state index contributed by atoms with van der Waals surface area (Å²) in [5.74, 6) is -0.217. The van der Waals surface area contributed by atoms with E-state index >= 15 is 0 Å². The molecule has 0 radical (unpaired) electrons. The fraction of sp³-hybridized carbons (Fsp3) is 0.500. The van der Waals surface area contributed by atoms with Gasteiger partial charge in [-0.1, -0.05) is 29.8 Å². The summed E-state index contributed by atoms with van der Waals surface area (Å²) in [6.07, 6.45) is 1.20. The normalized spacial score (nSPS) is 11.4. The second-order valence-corrected chi connectivity index (χ2v) is 5.70. The Hall–Kier alpha value is -1.07. The number of nitrogens with two attached hydrogens (primary N) is 1. The number of benzene rings is 1. The van der Waals surface area contributed by atoms with Crippen LogP contribution in [-0.2, 0) is 0 Å². The van der Waals surface area contributed by atoms with Crippen molar-refractivity contribution < 1.29 is 9.90 Å². The summed E-state index contributed by atoms with van der Waals surface area (Å²) in [4.78, 5) is 12.1. The van der Waals surface area contributed by atoms with E-state index in [-0.39, 0.29) is 12.5 Å². The number of nitrogens with one attached hydrogen (secondary N) is 1. The number of hydrogen-bond donors (Lipinski definition) is 3. The third-order valence-electron chi connectivity index (χ3n) is 3.55. The average Bonchev–Trinajstić information content (AvgIpc) is 2.39. The predicted octanol–water partition coefficient (Wildman–Crippen LogP) is 2.62. The lowest BCUT2D eigenvalue weighted by atomic mass is 9.97. The Balaban J connectivity index is 2.85. The first-order valence-corrected chi connectivity index (χ1v) is 7.18. The zero-order chi connectivity index (χ0) is 14.6. The summed E-state index contributed by atoms with van der Waals surface area (Å²) in [6, 6.07) is 3.50. The molecule has 0 bridgehead atoms. The number of anilines is 1. The zero-order valence-electron chi connectivity index (χ0n) is 11.6. The highest BCUT2D eigenvalue weighted by atomic mass is 79.9. The molecule has 0 heterocycles. The van der Waals surface area contributed by atoms with Gasteiger partial charge in [0.15, 0.2) is 0 Å². The zero-order valence-corrected chi connectivity index (χ0v) is 13.2. The van der Waals surface area contributed by atoms with E-state index < -0.39 is 5.60 Å². The fourth-order valence-corrected chi connectivity index (χ4v) is 2.25. The van der Waals surface area contributed by atoms with Crippen molar-refractivity contribution in [2.45, 2.75) is 39.2 Å². The van der Waals surface area contributed by atoms with Crippen molar-refractivity contribution in [3.8, 4) is 0 Å². The largest absolute Gasteiger partial charge is 0.398 e. The molecule has 106 valence electrons. The van der Waals surface area contributed by atoms with Crippen molar-refractivity contribution in [2.24, 2.45) is 0 Å². The molecule has 0 fully saturated rings. The van der Waals surface area contributed by atoms with Gasteiger partial charge in [-0.25, -0.2) is 0 Å². The Kier molecular flexibility index (Phi) is 5.38. The molecule has 0 aliphatic rings. The minimum atomic E-state index is -0.846. The summed E-state index contributed by atoms with van der Waals surface area (Å²) in [5, 5.41) is 12.9. The predicted molar refractivity (Wildman–Crippen MR) is 81.2 cm³/mol. The Morgan fingerprint density at radius 2 is 2.00 bits per heavy atom. The summed E-state index contributed by atoms with van der Waals surface area (Å²) in [7, 11) is 0. The number of amides is 1. The molecular weight excluding hydrogens is 308 g/mol. The molecule has 1 rings (SSSR count). The van der Waals surface area contributed by atoms with Crippen LogP contribution < -0.4 is 11.1 Å².